The van der Waals surface area contributed by atoms with Gasteiger partial charge in [-0.1, -0.05) is 19.6 Å². The third-order valence-electron chi connectivity index (χ3n) is 3.69. The van der Waals surface area contributed by atoms with Crippen molar-refractivity contribution in [3.8, 4) is 6.01 Å². The monoisotopic (exact) mass is 375 g/mol. The molecule has 0 spiro atoms. The quantitative estimate of drug-likeness (QED) is 0.521. The summed E-state index contributed by atoms with van der Waals surface area (Å²) in [6.45, 7) is 0.788. The van der Waals surface area contributed by atoms with Gasteiger partial charge < -0.3 is 25.3 Å². The van der Waals surface area contributed by atoms with Gasteiger partial charge in [0.2, 0.25) is 0 Å². The number of carboxylic acid groups (broad SMARTS) is 1. The molecule has 144 valence electrons. The molecule has 3 aromatic rings. The van der Waals surface area contributed by atoms with Gasteiger partial charge in [-0.15, -0.1) is 0 Å². The molecule has 10 nitrogen and oxygen atoms in total. The summed E-state index contributed by atoms with van der Waals surface area (Å²) in [5, 5.41) is 8.95. The van der Waals surface area contributed by atoms with E-state index in [2.05, 4.69) is 15.0 Å². The molecular weight excluding hydrogens is 354 g/mol. The molecule has 0 atom stereocenters. The fourth-order valence-electron chi connectivity index (χ4n) is 2.39. The van der Waals surface area contributed by atoms with Crippen molar-refractivity contribution in [2.24, 2.45) is 0 Å². The summed E-state index contributed by atoms with van der Waals surface area (Å²) in [7, 11) is 1.54. The Morgan fingerprint density at radius 2 is 1.96 bits per heavy atom. The second-order valence-corrected chi connectivity index (χ2v) is 5.45. The maximum Gasteiger partial charge on any atom is 0.335 e. The molecule has 2 heterocycles. The Labute approximate surface area is 154 Å². The Kier molecular flexibility index (Phi) is 6.14. The first-order valence-electron chi connectivity index (χ1n) is 7.69. The van der Waals surface area contributed by atoms with Gasteiger partial charge in [0.1, 0.15) is 12.1 Å². The van der Waals surface area contributed by atoms with E-state index >= 15 is 0 Å². The predicted octanol–water partition coefficient (Wildman–Crippen LogP) is 1.11. The molecule has 0 aliphatic rings. The number of ether oxygens (including phenoxy) is 2. The maximum absolute atomic E-state index is 12.3. The number of anilines is 1. The topological polar surface area (TPSA) is 145 Å². The Morgan fingerprint density at radius 1 is 1.26 bits per heavy atom. The minimum absolute atomic E-state index is 0. The van der Waals surface area contributed by atoms with E-state index in [-0.39, 0.29) is 38.0 Å². The number of benzene rings is 1. The van der Waals surface area contributed by atoms with Crippen LogP contribution in [-0.4, -0.2) is 50.9 Å². The molecule has 1 aromatic carbocycles. The Hall–Kier alpha value is -3.40. The van der Waals surface area contributed by atoms with Gasteiger partial charge in [-0.3, -0.25) is 4.57 Å². The van der Waals surface area contributed by atoms with E-state index in [9.17, 15) is 9.59 Å². The number of carboxylic acids is 1. The van der Waals surface area contributed by atoms with Crippen molar-refractivity contribution in [3.63, 3.8) is 0 Å². The number of aromatic amines is 1. The highest BCUT2D eigenvalue weighted by molar-refractivity contribution is 5.87. The molecule has 0 bridgehead atoms. The van der Waals surface area contributed by atoms with Crippen molar-refractivity contribution < 1.29 is 19.4 Å². The van der Waals surface area contributed by atoms with Crippen molar-refractivity contribution >= 4 is 23.0 Å². The average Bonchev–Trinajstić information content (AvgIpc) is 2.92. The zero-order valence-electron chi connectivity index (χ0n) is 13.9. The highest BCUT2D eigenvalue weighted by Gasteiger charge is 2.15. The number of hydrogen-bond donors (Lipinski definition) is 3. The molecule has 10 heteroatoms. The summed E-state index contributed by atoms with van der Waals surface area (Å²) in [5.74, 6) is -0.918. The minimum Gasteiger partial charge on any atom is -0.478 e. The van der Waals surface area contributed by atoms with Crippen molar-refractivity contribution in [2.45, 2.75) is 14.0 Å². The molecule has 0 fully saturated rings. The maximum atomic E-state index is 12.3. The van der Waals surface area contributed by atoms with Crippen molar-refractivity contribution in [2.75, 3.05) is 26.1 Å². The van der Waals surface area contributed by atoms with Gasteiger partial charge in [-0.2, -0.15) is 9.97 Å². The summed E-state index contributed by atoms with van der Waals surface area (Å²) in [4.78, 5) is 34.1. The van der Waals surface area contributed by atoms with Gasteiger partial charge in [0, 0.05) is 7.11 Å². The van der Waals surface area contributed by atoms with Gasteiger partial charge >= 0.3 is 17.7 Å². The van der Waals surface area contributed by atoms with E-state index < -0.39 is 11.7 Å². The summed E-state index contributed by atoms with van der Waals surface area (Å²) >= 11 is 0. The number of methoxy groups -OCH3 is 1. The summed E-state index contributed by atoms with van der Waals surface area (Å²) < 4.78 is 11.7. The number of H-pyrrole nitrogens is 1. The van der Waals surface area contributed by atoms with Gasteiger partial charge in [-0.25, -0.2) is 9.59 Å². The van der Waals surface area contributed by atoms with Crippen LogP contribution in [-0.2, 0) is 11.3 Å². The molecule has 0 amide bonds. The van der Waals surface area contributed by atoms with Crippen LogP contribution in [0, 0.1) is 0 Å². The van der Waals surface area contributed by atoms with Gasteiger partial charge in [0.25, 0.3) is 0 Å². The highest BCUT2D eigenvalue weighted by atomic mass is 16.5. The van der Waals surface area contributed by atoms with E-state index in [0.29, 0.717) is 17.8 Å². The molecular formula is C17H21N5O5. The van der Waals surface area contributed by atoms with Crippen LogP contribution in [0.25, 0.3) is 11.2 Å². The fourth-order valence-corrected chi connectivity index (χ4v) is 2.39. The predicted molar refractivity (Wildman–Crippen MR) is 99.2 cm³/mol. The molecule has 0 unspecified atom stereocenters. The first kappa shape index (κ1) is 19.9. The van der Waals surface area contributed by atoms with Gasteiger partial charge in [0.05, 0.1) is 18.7 Å². The second kappa shape index (κ2) is 8.32. The SMILES string of the molecule is C.COCCOc1nc(N)c2[nH]c(=O)n(Cc3ccc(C(=O)O)cc3)c2n1. The number of carbonyl (C=O) groups is 1. The number of hydrogen-bond acceptors (Lipinski definition) is 7. The number of imidazole rings is 1. The summed E-state index contributed by atoms with van der Waals surface area (Å²) in [6, 6.07) is 6.26. The number of nitrogen functional groups attached to an aromatic ring is 1. The fraction of sp³-hybridized carbons (Fsp3) is 0.294. The van der Waals surface area contributed by atoms with E-state index in [4.69, 9.17) is 20.3 Å². The number of nitrogens with zero attached hydrogens (tertiary/aromatic N) is 3. The molecule has 0 aliphatic heterocycles. The zero-order chi connectivity index (χ0) is 18.7. The lowest BCUT2D eigenvalue weighted by Gasteiger charge is -2.07. The molecule has 2 aromatic heterocycles. The average molecular weight is 375 g/mol. The number of nitrogens with one attached hydrogen (secondary N) is 1. The van der Waals surface area contributed by atoms with Gasteiger partial charge in [-0.05, 0) is 17.7 Å². The molecule has 3 rings (SSSR count). The van der Waals surface area contributed by atoms with Gasteiger partial charge in [0.15, 0.2) is 11.5 Å². The van der Waals surface area contributed by atoms with E-state index in [1.54, 1.807) is 19.2 Å². The van der Waals surface area contributed by atoms with E-state index in [0.717, 1.165) is 5.56 Å². The summed E-state index contributed by atoms with van der Waals surface area (Å²) in [6.07, 6.45) is 0. The zero-order valence-corrected chi connectivity index (χ0v) is 13.9. The van der Waals surface area contributed by atoms with Crippen molar-refractivity contribution in [1.29, 1.82) is 0 Å². The normalized spacial score (nSPS) is 10.6. The van der Waals surface area contributed by atoms with Crippen LogP contribution in [0.4, 0.5) is 5.82 Å². The Morgan fingerprint density at radius 3 is 2.59 bits per heavy atom. The smallest absolute Gasteiger partial charge is 0.335 e. The Balaban J connectivity index is 0.00000261. The lowest BCUT2D eigenvalue weighted by Crippen LogP contribution is -2.18. The second-order valence-electron chi connectivity index (χ2n) is 5.45. The largest absolute Gasteiger partial charge is 0.478 e. The van der Waals surface area contributed by atoms with Crippen LogP contribution in [0.5, 0.6) is 6.01 Å². The number of aromatic nitrogens is 4. The van der Waals surface area contributed by atoms with Crippen LogP contribution < -0.4 is 16.2 Å². The first-order valence-corrected chi connectivity index (χ1v) is 7.69. The molecule has 27 heavy (non-hydrogen) atoms. The number of nitrogens with two attached hydrogens (primary N) is 1. The van der Waals surface area contributed by atoms with E-state index in [1.165, 1.54) is 16.7 Å². The standard InChI is InChI=1S/C16H17N5O5.CH4/c1-25-6-7-26-15-19-12(17)11-13(20-15)21(16(24)18-11)8-9-2-4-10(5-3-9)14(22)23;/h2-5H,6-8H2,1H3,(H,18,24)(H,22,23)(H2,17,19,20);1H4. The number of fused-ring (bicyclic) bond motifs is 1. The van der Waals surface area contributed by atoms with Crippen LogP contribution in [0.2, 0.25) is 0 Å². The van der Waals surface area contributed by atoms with Crippen LogP contribution in [0.1, 0.15) is 23.3 Å². The third-order valence-corrected chi connectivity index (χ3v) is 3.69. The lowest BCUT2D eigenvalue weighted by atomic mass is 10.1. The van der Waals surface area contributed by atoms with Crippen molar-refractivity contribution in [3.05, 3.63) is 45.9 Å². The van der Waals surface area contributed by atoms with Crippen molar-refractivity contribution in [1.82, 2.24) is 19.5 Å². The van der Waals surface area contributed by atoms with Crippen LogP contribution >= 0.6 is 0 Å². The van der Waals surface area contributed by atoms with E-state index in [1.807, 2.05) is 0 Å². The number of rotatable bonds is 7. The highest BCUT2D eigenvalue weighted by Crippen LogP contribution is 2.18. The molecule has 0 radical (unpaired) electrons. The first-order chi connectivity index (χ1) is 12.5. The molecule has 4 N–H and O–H groups in total. The lowest BCUT2D eigenvalue weighted by molar-refractivity contribution is 0.0697. The summed E-state index contributed by atoms with van der Waals surface area (Å²) in [5.41, 5.74) is 6.99. The van der Waals surface area contributed by atoms with Crippen LogP contribution in [0.15, 0.2) is 29.1 Å². The third kappa shape index (κ3) is 4.23. The number of aromatic carboxylic acids is 1. The van der Waals surface area contributed by atoms with Crippen LogP contribution in [0.3, 0.4) is 0 Å². The molecule has 0 saturated heterocycles. The molecule has 0 aliphatic carbocycles. The minimum atomic E-state index is -1.01. The molecule has 0 saturated carbocycles. The Bertz CT molecular complexity index is 993.